The summed E-state index contributed by atoms with van der Waals surface area (Å²) >= 11 is 1.15. The van der Waals surface area contributed by atoms with Crippen molar-refractivity contribution in [2.45, 2.75) is 0 Å². The van der Waals surface area contributed by atoms with Crippen LogP contribution in [0.2, 0.25) is 0 Å². The van der Waals surface area contributed by atoms with Crippen LogP contribution in [0.5, 0.6) is 5.75 Å². The van der Waals surface area contributed by atoms with Crippen LogP contribution < -0.4 is 4.18 Å². The Morgan fingerprint density at radius 1 is 1.25 bits per heavy atom. The first-order chi connectivity index (χ1) is 13.3. The summed E-state index contributed by atoms with van der Waals surface area (Å²) < 4.78 is 32.4. The summed E-state index contributed by atoms with van der Waals surface area (Å²) in [5.74, 6) is 0.00427. The van der Waals surface area contributed by atoms with Crippen molar-refractivity contribution in [3.8, 4) is 5.75 Å². The number of hydrogen-bond acceptors (Lipinski definition) is 8. The third-order valence-corrected chi connectivity index (χ3v) is 5.04. The number of aliphatic imine (C=N–C) groups is 1. The Morgan fingerprint density at radius 2 is 2.00 bits per heavy atom. The molecule has 3 heterocycles. The summed E-state index contributed by atoms with van der Waals surface area (Å²) in [6, 6.07) is 9.51. The molecule has 0 bridgehead atoms. The van der Waals surface area contributed by atoms with Crippen LogP contribution >= 0.6 is 11.8 Å². The average Bonchev–Trinajstić information content (AvgIpc) is 3.28. The first-order valence-corrected chi connectivity index (χ1v) is 10.5. The van der Waals surface area contributed by atoms with Gasteiger partial charge in [-0.25, -0.2) is 0 Å². The lowest BCUT2D eigenvalue weighted by Crippen LogP contribution is -2.35. The molecular weight excluding hydrogens is 404 g/mol. The number of benzene rings is 1. The van der Waals surface area contributed by atoms with Crippen LogP contribution in [0, 0.1) is 5.41 Å². The highest BCUT2D eigenvalue weighted by Crippen LogP contribution is 2.31. The Bertz CT molecular complexity index is 1160. The Labute approximate surface area is 164 Å². The van der Waals surface area contributed by atoms with E-state index in [1.165, 1.54) is 29.5 Å². The fraction of sp³-hybridized carbons (Fsp3) is 0.0588. The van der Waals surface area contributed by atoms with E-state index >= 15 is 0 Å². The second-order valence-corrected chi connectivity index (χ2v) is 8.29. The zero-order valence-electron chi connectivity index (χ0n) is 14.3. The zero-order valence-corrected chi connectivity index (χ0v) is 16.0. The molecule has 0 fully saturated rings. The number of rotatable bonds is 4. The van der Waals surface area contributed by atoms with E-state index in [0.29, 0.717) is 16.4 Å². The topological polar surface area (TPSA) is 125 Å². The highest BCUT2D eigenvalue weighted by molar-refractivity contribution is 8.27. The van der Waals surface area contributed by atoms with Crippen LogP contribution in [0.15, 0.2) is 62.7 Å². The number of fused-ring (bicyclic) bond motifs is 1. The normalized spacial score (nSPS) is 18.2. The summed E-state index contributed by atoms with van der Waals surface area (Å²) in [4.78, 5) is 16.4. The van der Waals surface area contributed by atoms with Crippen molar-refractivity contribution in [1.29, 1.82) is 5.41 Å². The Balaban J connectivity index is 1.61. The minimum atomic E-state index is -3.62. The van der Waals surface area contributed by atoms with E-state index in [1.807, 2.05) is 0 Å². The second kappa shape index (κ2) is 6.77. The van der Waals surface area contributed by atoms with Crippen LogP contribution in [-0.2, 0) is 14.9 Å². The number of nitrogens with one attached hydrogen (secondary N) is 1. The molecule has 1 aromatic carbocycles. The molecule has 0 atom stereocenters. The molecule has 2 aliphatic rings. The first kappa shape index (κ1) is 18.2. The van der Waals surface area contributed by atoms with E-state index < -0.39 is 16.0 Å². The summed E-state index contributed by atoms with van der Waals surface area (Å²) in [7, 11) is -3.62. The molecule has 0 radical (unpaired) electrons. The third kappa shape index (κ3) is 3.62. The number of carbonyl (C=O) groups excluding carboxylic acids is 1. The molecule has 28 heavy (non-hydrogen) atoms. The first-order valence-electron chi connectivity index (χ1n) is 7.84. The van der Waals surface area contributed by atoms with Gasteiger partial charge >= 0.3 is 10.1 Å². The van der Waals surface area contributed by atoms with Gasteiger partial charge in [-0.3, -0.25) is 10.2 Å². The molecule has 0 unspecified atom stereocenters. The quantitative estimate of drug-likeness (QED) is 0.599. The van der Waals surface area contributed by atoms with Gasteiger partial charge in [-0.05, 0) is 47.7 Å². The molecule has 0 saturated heterocycles. The van der Waals surface area contributed by atoms with E-state index in [9.17, 15) is 13.2 Å². The number of furan rings is 1. The summed E-state index contributed by atoms with van der Waals surface area (Å²) in [5.41, 5.74) is 0.639. The van der Waals surface area contributed by atoms with Crippen LogP contribution in [0.3, 0.4) is 0 Å². The van der Waals surface area contributed by atoms with Crippen LogP contribution in [-0.4, -0.2) is 41.6 Å². The van der Waals surface area contributed by atoms with Crippen molar-refractivity contribution >= 4 is 49.9 Å². The van der Waals surface area contributed by atoms with Crippen molar-refractivity contribution in [3.63, 3.8) is 0 Å². The van der Waals surface area contributed by atoms with E-state index in [4.69, 9.17) is 14.0 Å². The zero-order chi connectivity index (χ0) is 19.9. The number of amidine groups is 2. The largest absolute Gasteiger partial charge is 0.462 e. The molecule has 4 rings (SSSR count). The van der Waals surface area contributed by atoms with Crippen molar-refractivity contribution in [2.24, 2.45) is 10.1 Å². The third-order valence-electron chi connectivity index (χ3n) is 3.63. The summed E-state index contributed by atoms with van der Waals surface area (Å²) in [5, 5.41) is 14.7. The summed E-state index contributed by atoms with van der Waals surface area (Å²) in [6.45, 7) is 0. The lowest BCUT2D eigenvalue weighted by Gasteiger charge is -2.20. The molecular formula is C17H12N4O5S2. The smallest absolute Gasteiger partial charge is 0.306 e. The molecule has 142 valence electrons. The van der Waals surface area contributed by atoms with Crippen molar-refractivity contribution in [1.82, 2.24) is 5.01 Å². The van der Waals surface area contributed by atoms with E-state index in [0.717, 1.165) is 18.0 Å². The number of nitrogens with zero attached hydrogens (tertiary/aromatic N) is 3. The SMILES string of the molecule is CS(=O)(=O)Oc1ccc(C=C2C(=N)N3N=C(c4ccco4)SC3=NC2=O)cc1. The number of amides is 1. The van der Waals surface area contributed by atoms with E-state index in [-0.39, 0.29) is 22.3 Å². The minimum absolute atomic E-state index is 0.0607. The van der Waals surface area contributed by atoms with Crippen molar-refractivity contribution < 1.29 is 21.8 Å². The van der Waals surface area contributed by atoms with Gasteiger partial charge in [-0.2, -0.15) is 23.5 Å². The predicted octanol–water partition coefficient (Wildman–Crippen LogP) is 2.29. The average molecular weight is 416 g/mol. The molecule has 0 aliphatic carbocycles. The highest BCUT2D eigenvalue weighted by atomic mass is 32.2. The fourth-order valence-corrected chi connectivity index (χ4v) is 3.77. The highest BCUT2D eigenvalue weighted by Gasteiger charge is 2.36. The maximum Gasteiger partial charge on any atom is 0.306 e. The summed E-state index contributed by atoms with van der Waals surface area (Å²) in [6.07, 6.45) is 3.95. The van der Waals surface area contributed by atoms with Gasteiger partial charge in [0.2, 0.25) is 5.17 Å². The molecule has 2 aliphatic heterocycles. The molecule has 9 nitrogen and oxygen atoms in total. The Morgan fingerprint density at radius 3 is 2.64 bits per heavy atom. The molecule has 0 spiro atoms. The minimum Gasteiger partial charge on any atom is -0.462 e. The van der Waals surface area contributed by atoms with Crippen LogP contribution in [0.25, 0.3) is 6.08 Å². The van der Waals surface area contributed by atoms with Gasteiger partial charge in [0, 0.05) is 0 Å². The Hall–Kier alpha value is -3.18. The maximum absolute atomic E-state index is 12.4. The maximum atomic E-state index is 12.4. The number of carbonyl (C=O) groups is 1. The lowest BCUT2D eigenvalue weighted by atomic mass is 10.1. The van der Waals surface area contributed by atoms with Crippen molar-refractivity contribution in [3.05, 3.63) is 59.6 Å². The van der Waals surface area contributed by atoms with Gasteiger partial charge in [0.25, 0.3) is 5.91 Å². The molecule has 0 saturated carbocycles. The standard InChI is InChI=1S/C17H12N4O5S2/c1-28(23,24)26-11-6-4-10(5-7-11)9-12-14(18)21-17(19-15(12)22)27-16(20-21)13-3-2-8-25-13/h2-9,18H,1H3. The Kier molecular flexibility index (Phi) is 4.40. The van der Waals surface area contributed by atoms with Crippen molar-refractivity contribution in [2.75, 3.05) is 6.26 Å². The number of hydrogen-bond donors (Lipinski definition) is 1. The molecule has 1 aromatic heterocycles. The lowest BCUT2D eigenvalue weighted by molar-refractivity contribution is -0.114. The van der Waals surface area contributed by atoms with E-state index in [1.54, 1.807) is 24.3 Å². The monoisotopic (exact) mass is 416 g/mol. The van der Waals surface area contributed by atoms with Gasteiger partial charge in [0.1, 0.15) is 5.75 Å². The van der Waals surface area contributed by atoms with Gasteiger partial charge in [0.05, 0.1) is 18.1 Å². The van der Waals surface area contributed by atoms with Gasteiger partial charge in [0.15, 0.2) is 16.6 Å². The predicted molar refractivity (Wildman–Crippen MR) is 105 cm³/mol. The molecule has 1 amide bonds. The second-order valence-electron chi connectivity index (χ2n) is 5.76. The molecule has 11 heteroatoms. The van der Waals surface area contributed by atoms with Gasteiger partial charge in [-0.15, -0.1) is 0 Å². The van der Waals surface area contributed by atoms with Crippen LogP contribution in [0.4, 0.5) is 0 Å². The fourth-order valence-electron chi connectivity index (χ4n) is 2.45. The van der Waals surface area contributed by atoms with E-state index in [2.05, 4.69) is 10.1 Å². The van der Waals surface area contributed by atoms with Gasteiger partial charge in [-0.1, -0.05) is 12.1 Å². The van der Waals surface area contributed by atoms with Crippen LogP contribution in [0.1, 0.15) is 11.3 Å². The van der Waals surface area contributed by atoms with Gasteiger partial charge < -0.3 is 8.60 Å². The molecule has 2 aromatic rings. The molecule has 1 N–H and O–H groups in total. The number of hydrazone groups is 1. The number of thioether (sulfide) groups is 1.